The molecule has 2 amide bonds. The molecule has 8 heteroatoms. The minimum absolute atomic E-state index is 0.0359. The maximum atomic E-state index is 13.5. The summed E-state index contributed by atoms with van der Waals surface area (Å²) in [6, 6.07) is 8.01. The van der Waals surface area contributed by atoms with Crippen LogP contribution in [0.3, 0.4) is 0 Å². The summed E-state index contributed by atoms with van der Waals surface area (Å²) >= 11 is 0. The first-order chi connectivity index (χ1) is 12.0. The van der Waals surface area contributed by atoms with E-state index in [1.54, 1.807) is 6.07 Å². The summed E-state index contributed by atoms with van der Waals surface area (Å²) in [4.78, 5) is 11.6. The largest absolute Gasteiger partial charge is 0.489 e. The van der Waals surface area contributed by atoms with Gasteiger partial charge in [-0.2, -0.15) is 0 Å². The van der Waals surface area contributed by atoms with Crippen molar-refractivity contribution in [3.8, 4) is 5.75 Å². The molecule has 0 aromatic heterocycles. The molecule has 0 saturated carbocycles. The number of aliphatic hydroxyl groups excluding tert-OH is 1. The zero-order valence-corrected chi connectivity index (χ0v) is 13.1. The standard InChI is InChI=1S/C17H17F3N2O3/c18-11-5-6-16(14(20)9-11)25-8-7-21-17(24)22-10-15(23)12-3-1-2-4-13(12)19/h1-6,9,15,23H,7-8,10H2,(H2,21,22,24). The smallest absolute Gasteiger partial charge is 0.315 e. The molecule has 134 valence electrons. The maximum Gasteiger partial charge on any atom is 0.315 e. The lowest BCUT2D eigenvalue weighted by atomic mass is 10.1. The van der Waals surface area contributed by atoms with Crippen molar-refractivity contribution >= 4 is 6.03 Å². The average molecular weight is 354 g/mol. The van der Waals surface area contributed by atoms with Crippen molar-refractivity contribution in [3.63, 3.8) is 0 Å². The van der Waals surface area contributed by atoms with Gasteiger partial charge in [-0.1, -0.05) is 18.2 Å². The number of rotatable bonds is 7. The second-order valence-electron chi connectivity index (χ2n) is 5.10. The third-order valence-electron chi connectivity index (χ3n) is 3.26. The molecular formula is C17H17F3N2O3. The number of ether oxygens (including phenoxy) is 1. The van der Waals surface area contributed by atoms with Gasteiger partial charge in [-0.3, -0.25) is 0 Å². The quantitative estimate of drug-likeness (QED) is 0.669. The van der Waals surface area contributed by atoms with Crippen molar-refractivity contribution in [1.29, 1.82) is 0 Å². The van der Waals surface area contributed by atoms with E-state index >= 15 is 0 Å². The molecule has 2 aromatic rings. The highest BCUT2D eigenvalue weighted by Gasteiger charge is 2.13. The lowest BCUT2D eigenvalue weighted by Gasteiger charge is -2.14. The number of nitrogens with one attached hydrogen (secondary N) is 2. The van der Waals surface area contributed by atoms with Gasteiger partial charge in [0.1, 0.15) is 18.2 Å². The number of hydrogen-bond acceptors (Lipinski definition) is 3. The maximum absolute atomic E-state index is 13.5. The summed E-state index contributed by atoms with van der Waals surface area (Å²) in [5.41, 5.74) is 0.0814. The van der Waals surface area contributed by atoms with Crippen LogP contribution in [0.25, 0.3) is 0 Å². The van der Waals surface area contributed by atoms with Gasteiger partial charge in [-0.15, -0.1) is 0 Å². The SMILES string of the molecule is O=C(NCCOc1ccc(F)cc1F)NCC(O)c1ccccc1F. The summed E-state index contributed by atoms with van der Waals surface area (Å²) in [5, 5.41) is 14.7. The van der Waals surface area contributed by atoms with Gasteiger partial charge < -0.3 is 20.5 Å². The molecule has 0 saturated heterocycles. The second kappa shape index (κ2) is 8.93. The number of aliphatic hydroxyl groups is 1. The second-order valence-corrected chi connectivity index (χ2v) is 5.10. The fourth-order valence-electron chi connectivity index (χ4n) is 2.02. The highest BCUT2D eigenvalue weighted by Crippen LogP contribution is 2.17. The van der Waals surface area contributed by atoms with E-state index in [4.69, 9.17) is 4.74 Å². The van der Waals surface area contributed by atoms with E-state index in [0.29, 0.717) is 6.07 Å². The van der Waals surface area contributed by atoms with Gasteiger partial charge in [0.2, 0.25) is 0 Å². The van der Waals surface area contributed by atoms with Gasteiger partial charge in [0.25, 0.3) is 0 Å². The summed E-state index contributed by atoms with van der Waals surface area (Å²) in [6.45, 7) is -0.162. The molecule has 3 N–H and O–H groups in total. The molecule has 2 aromatic carbocycles. The minimum Gasteiger partial charge on any atom is -0.489 e. The van der Waals surface area contributed by atoms with E-state index in [2.05, 4.69) is 10.6 Å². The Hall–Kier alpha value is -2.74. The number of benzene rings is 2. The fourth-order valence-corrected chi connectivity index (χ4v) is 2.02. The summed E-state index contributed by atoms with van der Waals surface area (Å²) < 4.78 is 44.6. The molecule has 0 aliphatic carbocycles. The first-order valence-corrected chi connectivity index (χ1v) is 7.49. The van der Waals surface area contributed by atoms with Gasteiger partial charge in [0.15, 0.2) is 11.6 Å². The third-order valence-corrected chi connectivity index (χ3v) is 3.26. The fraction of sp³-hybridized carbons (Fsp3) is 0.235. The van der Waals surface area contributed by atoms with Crippen LogP contribution in [-0.4, -0.2) is 30.8 Å². The first-order valence-electron chi connectivity index (χ1n) is 7.49. The number of halogens is 3. The Morgan fingerprint density at radius 1 is 1.08 bits per heavy atom. The molecular weight excluding hydrogens is 337 g/mol. The molecule has 1 atom stereocenters. The van der Waals surface area contributed by atoms with Crippen LogP contribution in [-0.2, 0) is 0 Å². The first kappa shape index (κ1) is 18.6. The Bertz CT molecular complexity index is 728. The predicted molar refractivity (Wildman–Crippen MR) is 84.6 cm³/mol. The molecule has 0 fully saturated rings. The van der Waals surface area contributed by atoms with Crippen LogP contribution in [0.5, 0.6) is 5.75 Å². The van der Waals surface area contributed by atoms with Crippen molar-refractivity contribution in [2.24, 2.45) is 0 Å². The Kier molecular flexibility index (Phi) is 6.64. The number of carbonyl (C=O) groups is 1. The topological polar surface area (TPSA) is 70.6 Å². The number of amides is 2. The normalized spacial score (nSPS) is 11.7. The van der Waals surface area contributed by atoms with Crippen LogP contribution < -0.4 is 15.4 Å². The van der Waals surface area contributed by atoms with Gasteiger partial charge >= 0.3 is 6.03 Å². The Morgan fingerprint density at radius 2 is 1.84 bits per heavy atom. The van der Waals surface area contributed by atoms with Crippen LogP contribution >= 0.6 is 0 Å². The van der Waals surface area contributed by atoms with E-state index in [0.717, 1.165) is 12.1 Å². The van der Waals surface area contributed by atoms with Gasteiger partial charge in [0.05, 0.1) is 12.6 Å². The van der Waals surface area contributed by atoms with Crippen molar-refractivity contribution in [3.05, 3.63) is 65.5 Å². The molecule has 2 rings (SSSR count). The highest BCUT2D eigenvalue weighted by atomic mass is 19.1. The van der Waals surface area contributed by atoms with Gasteiger partial charge in [0, 0.05) is 18.2 Å². The molecule has 0 radical (unpaired) electrons. The molecule has 1 unspecified atom stereocenters. The zero-order valence-electron chi connectivity index (χ0n) is 13.1. The number of urea groups is 1. The lowest BCUT2D eigenvalue weighted by molar-refractivity contribution is 0.168. The van der Waals surface area contributed by atoms with Crippen molar-refractivity contribution in [2.45, 2.75) is 6.10 Å². The van der Waals surface area contributed by atoms with Crippen LogP contribution in [0.4, 0.5) is 18.0 Å². The van der Waals surface area contributed by atoms with Crippen LogP contribution in [0.2, 0.25) is 0 Å². The summed E-state index contributed by atoms with van der Waals surface area (Å²) in [7, 11) is 0. The lowest BCUT2D eigenvalue weighted by Crippen LogP contribution is -2.39. The van der Waals surface area contributed by atoms with E-state index in [-0.39, 0.29) is 31.0 Å². The summed E-state index contributed by atoms with van der Waals surface area (Å²) in [6.07, 6.45) is -1.18. The van der Waals surface area contributed by atoms with E-state index in [1.807, 2.05) is 0 Å². The van der Waals surface area contributed by atoms with Crippen LogP contribution in [0.1, 0.15) is 11.7 Å². The van der Waals surface area contributed by atoms with Gasteiger partial charge in [-0.25, -0.2) is 18.0 Å². The average Bonchev–Trinajstić information content (AvgIpc) is 2.58. The molecule has 0 bridgehead atoms. The molecule has 0 heterocycles. The molecule has 0 aliphatic rings. The van der Waals surface area contributed by atoms with Crippen LogP contribution in [0.15, 0.2) is 42.5 Å². The van der Waals surface area contributed by atoms with Crippen molar-refractivity contribution < 1.29 is 27.8 Å². The van der Waals surface area contributed by atoms with Crippen molar-refractivity contribution in [1.82, 2.24) is 10.6 Å². The minimum atomic E-state index is -1.18. The Labute approximate surface area is 142 Å². The number of carbonyl (C=O) groups excluding carboxylic acids is 1. The van der Waals surface area contributed by atoms with E-state index in [1.165, 1.54) is 18.2 Å². The van der Waals surface area contributed by atoms with Crippen LogP contribution in [0, 0.1) is 17.5 Å². The Balaban J connectivity index is 1.68. The number of hydrogen-bond donors (Lipinski definition) is 3. The van der Waals surface area contributed by atoms with Crippen molar-refractivity contribution in [2.75, 3.05) is 19.7 Å². The third kappa shape index (κ3) is 5.68. The predicted octanol–water partition coefficient (Wildman–Crippen LogP) is 2.52. The molecule has 25 heavy (non-hydrogen) atoms. The molecule has 0 spiro atoms. The highest BCUT2D eigenvalue weighted by molar-refractivity contribution is 5.73. The van der Waals surface area contributed by atoms with E-state index in [9.17, 15) is 23.1 Å². The monoisotopic (exact) mass is 354 g/mol. The Morgan fingerprint density at radius 3 is 2.56 bits per heavy atom. The van der Waals surface area contributed by atoms with E-state index < -0.39 is 29.6 Å². The molecule has 5 nitrogen and oxygen atoms in total. The molecule has 0 aliphatic heterocycles. The van der Waals surface area contributed by atoms with Gasteiger partial charge in [-0.05, 0) is 18.2 Å². The summed E-state index contributed by atoms with van der Waals surface area (Å²) in [5.74, 6) is -2.24. The zero-order chi connectivity index (χ0) is 18.2.